The third-order valence-electron chi connectivity index (χ3n) is 3.10. The van der Waals surface area contributed by atoms with Crippen molar-refractivity contribution in [1.29, 1.82) is 0 Å². The summed E-state index contributed by atoms with van der Waals surface area (Å²) in [5.41, 5.74) is 1.01. The summed E-state index contributed by atoms with van der Waals surface area (Å²) < 4.78 is 19.0. The Morgan fingerprint density at radius 1 is 1.33 bits per heavy atom. The average Bonchev–Trinajstić information content (AvgIpc) is 2.41. The first-order valence-corrected chi connectivity index (χ1v) is 8.54. The molecule has 0 saturated carbocycles. The van der Waals surface area contributed by atoms with Crippen molar-refractivity contribution in [2.24, 2.45) is 0 Å². The lowest BCUT2D eigenvalue weighted by Crippen LogP contribution is -2.35. The first kappa shape index (κ1) is 18.3. The van der Waals surface area contributed by atoms with Gasteiger partial charge in [0.05, 0.1) is 7.11 Å². The molecule has 1 aromatic carbocycles. The second kappa shape index (κ2) is 8.64. The third-order valence-corrected chi connectivity index (χ3v) is 4.53. The minimum absolute atomic E-state index is 0.247. The molecule has 120 valence electrons. The van der Waals surface area contributed by atoms with Crippen molar-refractivity contribution in [1.82, 2.24) is 5.32 Å². The summed E-state index contributed by atoms with van der Waals surface area (Å²) >= 11 is 1.94. The molecule has 1 aromatic rings. The molecule has 4 heteroatoms. The second-order valence-electron chi connectivity index (χ2n) is 6.25. The van der Waals surface area contributed by atoms with Crippen molar-refractivity contribution in [3.63, 3.8) is 0 Å². The smallest absolute Gasteiger partial charge is 0.165 e. The molecule has 1 unspecified atom stereocenters. The lowest BCUT2D eigenvalue weighted by Gasteiger charge is -2.24. The molecule has 1 rings (SSSR count). The van der Waals surface area contributed by atoms with Crippen LogP contribution in [0.1, 0.15) is 39.7 Å². The fourth-order valence-corrected chi connectivity index (χ4v) is 2.95. The van der Waals surface area contributed by atoms with Crippen molar-refractivity contribution < 1.29 is 9.13 Å². The molecule has 21 heavy (non-hydrogen) atoms. The van der Waals surface area contributed by atoms with E-state index in [1.165, 1.54) is 7.11 Å². The molecule has 0 aromatic heterocycles. The highest BCUT2D eigenvalue weighted by Gasteiger charge is 2.16. The number of hydrogen-bond acceptors (Lipinski definition) is 3. The number of nitrogens with one attached hydrogen (secondary N) is 1. The molecular weight excluding hydrogens is 285 g/mol. The van der Waals surface area contributed by atoms with Crippen LogP contribution < -0.4 is 10.1 Å². The van der Waals surface area contributed by atoms with E-state index in [-0.39, 0.29) is 10.6 Å². The van der Waals surface area contributed by atoms with Gasteiger partial charge in [-0.3, -0.25) is 0 Å². The molecule has 0 spiro atoms. The Morgan fingerprint density at radius 3 is 2.57 bits per heavy atom. The maximum Gasteiger partial charge on any atom is 0.165 e. The third kappa shape index (κ3) is 7.18. The van der Waals surface area contributed by atoms with E-state index in [0.29, 0.717) is 11.8 Å². The highest BCUT2D eigenvalue weighted by Crippen LogP contribution is 2.25. The molecular formula is C17H28FNOS. The van der Waals surface area contributed by atoms with E-state index < -0.39 is 0 Å². The maximum absolute atomic E-state index is 13.8. The van der Waals surface area contributed by atoms with Gasteiger partial charge in [0.25, 0.3) is 0 Å². The zero-order chi connectivity index (χ0) is 15.9. The van der Waals surface area contributed by atoms with Crippen LogP contribution >= 0.6 is 11.8 Å². The van der Waals surface area contributed by atoms with Gasteiger partial charge in [-0.1, -0.05) is 33.8 Å². The van der Waals surface area contributed by atoms with Gasteiger partial charge in [-0.25, -0.2) is 4.39 Å². The number of thioether (sulfide) groups is 1. The summed E-state index contributed by atoms with van der Waals surface area (Å²) in [6, 6.07) is 5.60. The summed E-state index contributed by atoms with van der Waals surface area (Å²) in [7, 11) is 1.49. The Hall–Kier alpha value is -0.740. The van der Waals surface area contributed by atoms with E-state index in [1.54, 1.807) is 12.1 Å². The van der Waals surface area contributed by atoms with Crippen LogP contribution in [-0.2, 0) is 6.42 Å². The normalized spacial score (nSPS) is 13.2. The molecule has 2 nitrogen and oxygen atoms in total. The summed E-state index contributed by atoms with van der Waals surface area (Å²) in [4.78, 5) is 0. The fraction of sp³-hybridized carbons (Fsp3) is 0.647. The van der Waals surface area contributed by atoms with Gasteiger partial charge in [0, 0.05) is 16.5 Å². The largest absolute Gasteiger partial charge is 0.494 e. The number of halogens is 1. The number of hydrogen-bond donors (Lipinski definition) is 1. The van der Waals surface area contributed by atoms with Crippen LogP contribution in [-0.4, -0.2) is 30.2 Å². The van der Waals surface area contributed by atoms with Crippen LogP contribution in [0.3, 0.4) is 0 Å². The van der Waals surface area contributed by atoms with Crippen LogP contribution in [0.5, 0.6) is 5.75 Å². The fourth-order valence-electron chi connectivity index (χ4n) is 2.01. The predicted molar refractivity (Wildman–Crippen MR) is 90.9 cm³/mol. The van der Waals surface area contributed by atoms with E-state index in [4.69, 9.17) is 4.74 Å². The van der Waals surface area contributed by atoms with Gasteiger partial charge in [-0.15, -0.1) is 0 Å². The van der Waals surface area contributed by atoms with Crippen molar-refractivity contribution in [3.8, 4) is 5.75 Å². The molecule has 0 aliphatic heterocycles. The summed E-state index contributed by atoms with van der Waals surface area (Å²) in [5.74, 6) is 1.05. The minimum atomic E-state index is -0.285. The number of rotatable bonds is 8. The monoisotopic (exact) mass is 313 g/mol. The van der Waals surface area contributed by atoms with Crippen molar-refractivity contribution in [2.75, 3.05) is 19.4 Å². The Bertz CT molecular complexity index is 431. The average molecular weight is 313 g/mol. The van der Waals surface area contributed by atoms with E-state index in [9.17, 15) is 4.39 Å². The molecule has 0 heterocycles. The first-order chi connectivity index (χ1) is 9.85. The van der Waals surface area contributed by atoms with Crippen LogP contribution in [0, 0.1) is 5.82 Å². The number of methoxy groups -OCH3 is 1. The summed E-state index contributed by atoms with van der Waals surface area (Å²) in [6.07, 6.45) is 1.94. The zero-order valence-corrected chi connectivity index (χ0v) is 14.6. The van der Waals surface area contributed by atoms with Gasteiger partial charge in [0.2, 0.25) is 0 Å². The van der Waals surface area contributed by atoms with Gasteiger partial charge in [-0.2, -0.15) is 11.8 Å². The first-order valence-electron chi connectivity index (χ1n) is 7.55. The molecule has 1 N–H and O–H groups in total. The van der Waals surface area contributed by atoms with Gasteiger partial charge in [0.15, 0.2) is 11.6 Å². The Balaban J connectivity index is 2.68. The maximum atomic E-state index is 13.8. The quantitative estimate of drug-likeness (QED) is 0.774. The standard InChI is InChI=1S/C17H28FNOS/c1-6-9-19-14(12-21-17(2,3)4)10-13-7-8-16(20-5)15(18)11-13/h7-8,11,14,19H,6,9-10,12H2,1-5H3. The van der Waals surface area contributed by atoms with Crippen molar-refractivity contribution in [2.45, 2.75) is 51.3 Å². The van der Waals surface area contributed by atoms with Crippen LogP contribution in [0.15, 0.2) is 18.2 Å². The molecule has 0 fully saturated rings. The zero-order valence-electron chi connectivity index (χ0n) is 13.8. The minimum Gasteiger partial charge on any atom is -0.494 e. The lowest BCUT2D eigenvalue weighted by atomic mass is 10.1. The van der Waals surface area contributed by atoms with E-state index in [1.807, 2.05) is 17.8 Å². The van der Waals surface area contributed by atoms with E-state index >= 15 is 0 Å². The molecule has 0 amide bonds. The van der Waals surface area contributed by atoms with Crippen LogP contribution in [0.25, 0.3) is 0 Å². The molecule has 0 aliphatic rings. The number of ether oxygens (including phenoxy) is 1. The molecule has 0 aliphatic carbocycles. The van der Waals surface area contributed by atoms with Gasteiger partial charge in [-0.05, 0) is 37.1 Å². The molecule has 1 atom stereocenters. The SMILES string of the molecule is CCCNC(CSC(C)(C)C)Cc1ccc(OC)c(F)c1. The lowest BCUT2D eigenvalue weighted by molar-refractivity contribution is 0.386. The topological polar surface area (TPSA) is 21.3 Å². The Kier molecular flexibility index (Phi) is 7.53. The predicted octanol–water partition coefficient (Wildman–Crippen LogP) is 4.28. The van der Waals surface area contributed by atoms with Gasteiger partial charge < -0.3 is 10.1 Å². The van der Waals surface area contributed by atoms with Crippen LogP contribution in [0.2, 0.25) is 0 Å². The van der Waals surface area contributed by atoms with Gasteiger partial charge >= 0.3 is 0 Å². The molecule has 0 radical (unpaired) electrons. The van der Waals surface area contributed by atoms with E-state index in [0.717, 1.165) is 30.7 Å². The van der Waals surface area contributed by atoms with Crippen LogP contribution in [0.4, 0.5) is 4.39 Å². The van der Waals surface area contributed by atoms with Crippen molar-refractivity contribution >= 4 is 11.8 Å². The van der Waals surface area contributed by atoms with Crippen molar-refractivity contribution in [3.05, 3.63) is 29.6 Å². The van der Waals surface area contributed by atoms with Gasteiger partial charge in [0.1, 0.15) is 0 Å². The second-order valence-corrected chi connectivity index (χ2v) is 8.09. The Labute approximate surface area is 132 Å². The Morgan fingerprint density at radius 2 is 2.05 bits per heavy atom. The summed E-state index contributed by atoms with van der Waals surface area (Å²) in [6.45, 7) is 9.83. The molecule has 0 saturated heterocycles. The highest BCUT2D eigenvalue weighted by atomic mass is 32.2. The molecule has 0 bridgehead atoms. The van der Waals surface area contributed by atoms with E-state index in [2.05, 4.69) is 33.0 Å². The summed E-state index contributed by atoms with van der Waals surface area (Å²) in [5, 5.41) is 3.56. The number of benzene rings is 1. The highest BCUT2D eigenvalue weighted by molar-refractivity contribution is 8.00.